The molecule has 0 aromatic heterocycles. The van der Waals surface area contributed by atoms with Gasteiger partial charge in [-0.05, 0) is 30.5 Å². The Morgan fingerprint density at radius 3 is 2.76 bits per heavy atom. The van der Waals surface area contributed by atoms with Crippen molar-refractivity contribution >= 4 is 16.0 Å². The standard InChI is InChI=1S/C11H13NO4S/c1-12-6-2-3-8-4-5-9(11(13)14)7-10(8)17(12,15)16/h4-5,7H,2-3,6H2,1H3,(H,13,14). The molecule has 2 rings (SSSR count). The van der Waals surface area contributed by atoms with Gasteiger partial charge in [-0.3, -0.25) is 0 Å². The molecule has 0 aliphatic carbocycles. The molecule has 1 aliphatic heterocycles. The van der Waals surface area contributed by atoms with E-state index in [2.05, 4.69) is 0 Å². The van der Waals surface area contributed by atoms with E-state index in [1.165, 1.54) is 23.5 Å². The van der Waals surface area contributed by atoms with Crippen LogP contribution in [-0.2, 0) is 16.4 Å². The van der Waals surface area contributed by atoms with Gasteiger partial charge in [-0.25, -0.2) is 17.5 Å². The molecule has 0 spiro atoms. The molecule has 1 heterocycles. The fraction of sp³-hybridized carbons (Fsp3) is 0.364. The van der Waals surface area contributed by atoms with Gasteiger partial charge in [-0.15, -0.1) is 0 Å². The minimum Gasteiger partial charge on any atom is -0.478 e. The predicted octanol–water partition coefficient (Wildman–Crippen LogP) is 0.952. The summed E-state index contributed by atoms with van der Waals surface area (Å²) in [5.74, 6) is -1.12. The molecule has 0 saturated carbocycles. The third kappa shape index (κ3) is 2.05. The highest BCUT2D eigenvalue weighted by Gasteiger charge is 2.27. The van der Waals surface area contributed by atoms with Gasteiger partial charge in [0.05, 0.1) is 10.5 Å². The molecule has 17 heavy (non-hydrogen) atoms. The number of hydrogen-bond donors (Lipinski definition) is 1. The zero-order valence-corrected chi connectivity index (χ0v) is 10.2. The number of aromatic carboxylic acids is 1. The van der Waals surface area contributed by atoms with E-state index in [0.717, 1.165) is 6.42 Å². The quantitative estimate of drug-likeness (QED) is 0.810. The van der Waals surface area contributed by atoms with Crippen LogP contribution in [0.1, 0.15) is 22.3 Å². The molecular weight excluding hydrogens is 242 g/mol. The molecule has 1 aromatic carbocycles. The topological polar surface area (TPSA) is 74.7 Å². The van der Waals surface area contributed by atoms with Crippen molar-refractivity contribution in [2.75, 3.05) is 13.6 Å². The number of fused-ring (bicyclic) bond motifs is 1. The molecule has 1 aromatic rings. The summed E-state index contributed by atoms with van der Waals surface area (Å²) >= 11 is 0. The Balaban J connectivity index is 2.65. The minimum absolute atomic E-state index is 0.00243. The number of aryl methyl sites for hydroxylation is 1. The van der Waals surface area contributed by atoms with E-state index in [1.807, 2.05) is 0 Å². The second-order valence-electron chi connectivity index (χ2n) is 4.06. The molecule has 0 unspecified atom stereocenters. The monoisotopic (exact) mass is 255 g/mol. The second-order valence-corrected chi connectivity index (χ2v) is 6.07. The summed E-state index contributed by atoms with van der Waals surface area (Å²) in [5, 5.41) is 8.88. The number of sulfonamides is 1. The summed E-state index contributed by atoms with van der Waals surface area (Å²) in [6.45, 7) is 0.458. The number of carbonyl (C=O) groups is 1. The number of carboxylic acids is 1. The van der Waals surface area contributed by atoms with E-state index in [9.17, 15) is 13.2 Å². The van der Waals surface area contributed by atoms with Crippen molar-refractivity contribution in [1.29, 1.82) is 0 Å². The highest BCUT2D eigenvalue weighted by Crippen LogP contribution is 2.25. The molecule has 1 N–H and O–H groups in total. The first-order valence-corrected chi connectivity index (χ1v) is 6.69. The molecule has 0 radical (unpaired) electrons. The summed E-state index contributed by atoms with van der Waals surface area (Å²) in [5.41, 5.74) is 0.696. The van der Waals surface area contributed by atoms with E-state index in [-0.39, 0.29) is 10.5 Å². The Labute approximate surface area is 99.7 Å². The third-order valence-electron chi connectivity index (χ3n) is 2.92. The Morgan fingerprint density at radius 1 is 1.41 bits per heavy atom. The molecule has 0 bridgehead atoms. The first-order chi connectivity index (χ1) is 7.93. The van der Waals surface area contributed by atoms with Gasteiger partial charge in [0.2, 0.25) is 10.0 Å². The van der Waals surface area contributed by atoms with Crippen LogP contribution in [0.3, 0.4) is 0 Å². The van der Waals surface area contributed by atoms with Crippen molar-refractivity contribution in [1.82, 2.24) is 4.31 Å². The van der Waals surface area contributed by atoms with Crippen molar-refractivity contribution in [2.24, 2.45) is 0 Å². The van der Waals surface area contributed by atoms with Crippen LogP contribution in [0.5, 0.6) is 0 Å². The van der Waals surface area contributed by atoms with Gasteiger partial charge in [0, 0.05) is 13.6 Å². The lowest BCUT2D eigenvalue weighted by molar-refractivity contribution is 0.0696. The second kappa shape index (κ2) is 4.12. The third-order valence-corrected chi connectivity index (χ3v) is 4.86. The molecule has 0 saturated heterocycles. The summed E-state index contributed by atoms with van der Waals surface area (Å²) in [6, 6.07) is 4.28. The van der Waals surface area contributed by atoms with E-state index >= 15 is 0 Å². The molecule has 0 fully saturated rings. The Bertz CT molecular complexity index is 565. The van der Waals surface area contributed by atoms with Crippen LogP contribution >= 0.6 is 0 Å². The summed E-state index contributed by atoms with van der Waals surface area (Å²) in [6.07, 6.45) is 1.40. The number of hydrogen-bond acceptors (Lipinski definition) is 3. The van der Waals surface area contributed by atoms with Crippen LogP contribution in [-0.4, -0.2) is 37.4 Å². The average molecular weight is 255 g/mol. The maximum atomic E-state index is 12.1. The Hall–Kier alpha value is -1.40. The number of rotatable bonds is 1. The zero-order valence-electron chi connectivity index (χ0n) is 9.38. The minimum atomic E-state index is -3.54. The molecule has 6 heteroatoms. The summed E-state index contributed by atoms with van der Waals surface area (Å²) < 4.78 is 25.5. The number of nitrogens with zero attached hydrogens (tertiary/aromatic N) is 1. The summed E-state index contributed by atoms with van der Waals surface area (Å²) in [4.78, 5) is 11.0. The first kappa shape index (κ1) is 12.1. The van der Waals surface area contributed by atoms with Gasteiger partial charge in [0.25, 0.3) is 0 Å². The Kier molecular flexibility index (Phi) is 2.92. The number of carboxylic acid groups (broad SMARTS) is 1. The highest BCUT2D eigenvalue weighted by molar-refractivity contribution is 7.89. The van der Waals surface area contributed by atoms with Gasteiger partial charge in [0.15, 0.2) is 0 Å². The van der Waals surface area contributed by atoms with Crippen LogP contribution in [0.25, 0.3) is 0 Å². The van der Waals surface area contributed by atoms with Gasteiger partial charge in [-0.2, -0.15) is 0 Å². The normalized spacial score (nSPS) is 19.4. The fourth-order valence-corrected chi connectivity index (χ4v) is 3.40. The van der Waals surface area contributed by atoms with Crippen molar-refractivity contribution in [3.63, 3.8) is 0 Å². The van der Waals surface area contributed by atoms with Gasteiger partial charge in [0.1, 0.15) is 0 Å². The van der Waals surface area contributed by atoms with Crippen LogP contribution in [0.15, 0.2) is 23.1 Å². The maximum absolute atomic E-state index is 12.1. The van der Waals surface area contributed by atoms with E-state index < -0.39 is 16.0 Å². The first-order valence-electron chi connectivity index (χ1n) is 5.25. The zero-order chi connectivity index (χ0) is 12.6. The SMILES string of the molecule is CN1CCCc2ccc(C(=O)O)cc2S1(=O)=O. The Morgan fingerprint density at radius 2 is 2.12 bits per heavy atom. The highest BCUT2D eigenvalue weighted by atomic mass is 32.2. The van der Waals surface area contributed by atoms with Gasteiger partial charge >= 0.3 is 5.97 Å². The lowest BCUT2D eigenvalue weighted by atomic mass is 10.1. The van der Waals surface area contributed by atoms with Crippen molar-refractivity contribution in [3.8, 4) is 0 Å². The van der Waals surface area contributed by atoms with Crippen LogP contribution in [0.2, 0.25) is 0 Å². The maximum Gasteiger partial charge on any atom is 0.335 e. The average Bonchev–Trinajstić information content (AvgIpc) is 2.38. The smallest absolute Gasteiger partial charge is 0.335 e. The molecule has 1 aliphatic rings. The van der Waals surface area contributed by atoms with Gasteiger partial charge < -0.3 is 5.11 Å². The van der Waals surface area contributed by atoms with E-state index in [4.69, 9.17) is 5.11 Å². The van der Waals surface area contributed by atoms with E-state index in [0.29, 0.717) is 18.5 Å². The molecule has 0 amide bonds. The molecule has 5 nitrogen and oxygen atoms in total. The van der Waals surface area contributed by atoms with Crippen LogP contribution in [0, 0.1) is 0 Å². The number of benzene rings is 1. The van der Waals surface area contributed by atoms with Crippen molar-refractivity contribution in [3.05, 3.63) is 29.3 Å². The van der Waals surface area contributed by atoms with Crippen LogP contribution in [0.4, 0.5) is 0 Å². The molecule has 92 valence electrons. The van der Waals surface area contributed by atoms with Crippen molar-refractivity contribution < 1.29 is 18.3 Å². The van der Waals surface area contributed by atoms with Gasteiger partial charge in [-0.1, -0.05) is 6.07 Å². The van der Waals surface area contributed by atoms with Crippen LogP contribution < -0.4 is 0 Å². The largest absolute Gasteiger partial charge is 0.478 e. The predicted molar refractivity (Wildman–Crippen MR) is 61.5 cm³/mol. The van der Waals surface area contributed by atoms with E-state index in [1.54, 1.807) is 6.07 Å². The summed E-state index contributed by atoms with van der Waals surface area (Å²) in [7, 11) is -2.03. The fourth-order valence-electron chi connectivity index (χ4n) is 1.91. The molecular formula is C11H13NO4S. The lowest BCUT2D eigenvalue weighted by Gasteiger charge is -2.14. The molecule has 0 atom stereocenters. The van der Waals surface area contributed by atoms with Crippen molar-refractivity contribution in [2.45, 2.75) is 17.7 Å². The lowest BCUT2D eigenvalue weighted by Crippen LogP contribution is -2.26.